The topological polar surface area (TPSA) is 15.3 Å². The van der Waals surface area contributed by atoms with Gasteiger partial charge in [-0.15, -0.1) is 0 Å². The molecule has 0 radical (unpaired) electrons. The molecule has 0 amide bonds. The van der Waals surface area contributed by atoms with E-state index in [4.69, 9.17) is 0 Å². The lowest BCUT2D eigenvalue weighted by Crippen LogP contribution is -2.48. The zero-order valence-electron chi connectivity index (χ0n) is 9.09. The molecule has 1 aliphatic heterocycles. The largest absolute Gasteiger partial charge is 0.310 e. The predicted molar refractivity (Wildman–Crippen MR) is 55.8 cm³/mol. The molecule has 0 aromatic carbocycles. The van der Waals surface area contributed by atoms with Crippen molar-refractivity contribution in [3.05, 3.63) is 0 Å². The van der Waals surface area contributed by atoms with Crippen molar-refractivity contribution >= 4 is 0 Å². The summed E-state index contributed by atoms with van der Waals surface area (Å²) in [6.45, 7) is 5.93. The molecule has 0 aromatic heterocycles. The Morgan fingerprint density at radius 3 is 2.38 bits per heavy atom. The van der Waals surface area contributed by atoms with Gasteiger partial charge >= 0.3 is 0 Å². The number of likely N-dealkylation sites (tertiary alicyclic amines) is 1. The maximum Gasteiger partial charge on any atom is 0.0212 e. The van der Waals surface area contributed by atoms with Crippen LogP contribution in [-0.4, -0.2) is 36.6 Å². The lowest BCUT2D eigenvalue weighted by atomic mass is 9.80. The normalized spacial score (nSPS) is 46.4. The first-order valence-electron chi connectivity index (χ1n) is 5.63. The van der Waals surface area contributed by atoms with E-state index in [1.165, 1.54) is 25.8 Å². The fourth-order valence-electron chi connectivity index (χ4n) is 2.53. The van der Waals surface area contributed by atoms with Crippen LogP contribution in [0.2, 0.25) is 0 Å². The Morgan fingerprint density at radius 1 is 1.23 bits per heavy atom. The van der Waals surface area contributed by atoms with Crippen molar-refractivity contribution in [3.8, 4) is 0 Å². The molecule has 0 aromatic rings. The molecule has 76 valence electrons. The third-order valence-corrected chi connectivity index (χ3v) is 3.96. The molecule has 2 fully saturated rings. The van der Waals surface area contributed by atoms with Crippen molar-refractivity contribution in [2.24, 2.45) is 5.92 Å². The van der Waals surface area contributed by atoms with Crippen LogP contribution in [0.1, 0.15) is 33.1 Å². The highest BCUT2D eigenvalue weighted by atomic mass is 15.2. The van der Waals surface area contributed by atoms with Crippen LogP contribution in [-0.2, 0) is 0 Å². The van der Waals surface area contributed by atoms with E-state index in [1.807, 2.05) is 0 Å². The van der Waals surface area contributed by atoms with E-state index in [0.29, 0.717) is 0 Å². The zero-order valence-corrected chi connectivity index (χ0v) is 9.09. The summed E-state index contributed by atoms with van der Waals surface area (Å²) < 4.78 is 0. The van der Waals surface area contributed by atoms with Gasteiger partial charge in [0.05, 0.1) is 0 Å². The zero-order chi connectivity index (χ0) is 9.42. The standard InChI is InChI=1S/C11H22N2/c1-8-4-5-11(8)12-10-6-9(2)13(3)7-10/h8-12H,4-7H2,1-3H3. The van der Waals surface area contributed by atoms with E-state index in [0.717, 1.165) is 24.0 Å². The molecule has 13 heavy (non-hydrogen) atoms. The minimum atomic E-state index is 0.757. The van der Waals surface area contributed by atoms with Gasteiger partial charge in [-0.3, -0.25) is 0 Å². The molecule has 4 atom stereocenters. The Bertz CT molecular complexity index is 171. The van der Waals surface area contributed by atoms with Crippen molar-refractivity contribution < 1.29 is 0 Å². The second kappa shape index (κ2) is 3.58. The second-order valence-corrected chi connectivity index (χ2v) is 5.05. The molecule has 2 rings (SSSR count). The van der Waals surface area contributed by atoms with Crippen LogP contribution in [0.4, 0.5) is 0 Å². The van der Waals surface area contributed by atoms with Crippen LogP contribution in [0.15, 0.2) is 0 Å². The maximum absolute atomic E-state index is 3.78. The van der Waals surface area contributed by atoms with Crippen LogP contribution in [0.3, 0.4) is 0 Å². The number of hydrogen-bond acceptors (Lipinski definition) is 2. The van der Waals surface area contributed by atoms with E-state index < -0.39 is 0 Å². The highest BCUT2D eigenvalue weighted by Gasteiger charge is 2.32. The fraction of sp³-hybridized carbons (Fsp3) is 1.00. The number of hydrogen-bond donors (Lipinski definition) is 1. The first-order valence-corrected chi connectivity index (χ1v) is 5.63. The molecule has 0 spiro atoms. The Balaban J connectivity index is 1.77. The van der Waals surface area contributed by atoms with E-state index in [9.17, 15) is 0 Å². The van der Waals surface area contributed by atoms with Crippen molar-refractivity contribution in [3.63, 3.8) is 0 Å². The highest BCUT2D eigenvalue weighted by molar-refractivity contribution is 4.91. The highest BCUT2D eigenvalue weighted by Crippen LogP contribution is 2.28. The quantitative estimate of drug-likeness (QED) is 0.695. The third-order valence-electron chi connectivity index (χ3n) is 3.96. The molecule has 1 saturated carbocycles. The summed E-state index contributed by atoms with van der Waals surface area (Å²) in [5.41, 5.74) is 0. The van der Waals surface area contributed by atoms with Gasteiger partial charge in [-0.25, -0.2) is 0 Å². The van der Waals surface area contributed by atoms with Gasteiger partial charge in [0.2, 0.25) is 0 Å². The lowest BCUT2D eigenvalue weighted by molar-refractivity contribution is 0.209. The molecular weight excluding hydrogens is 160 g/mol. The SMILES string of the molecule is CC1CCC1NC1CC(C)N(C)C1. The molecule has 2 nitrogen and oxygen atoms in total. The maximum atomic E-state index is 3.78. The Labute approximate surface area is 81.7 Å². The molecule has 1 heterocycles. The van der Waals surface area contributed by atoms with Crippen LogP contribution in [0.25, 0.3) is 0 Å². The van der Waals surface area contributed by atoms with Crippen LogP contribution < -0.4 is 5.32 Å². The van der Waals surface area contributed by atoms with Gasteiger partial charge < -0.3 is 10.2 Å². The lowest BCUT2D eigenvalue weighted by Gasteiger charge is -2.36. The molecule has 1 aliphatic carbocycles. The summed E-state index contributed by atoms with van der Waals surface area (Å²) in [7, 11) is 2.23. The van der Waals surface area contributed by atoms with Gasteiger partial charge in [0.25, 0.3) is 0 Å². The first kappa shape index (κ1) is 9.47. The average Bonchev–Trinajstić information content (AvgIpc) is 2.40. The monoisotopic (exact) mass is 182 g/mol. The summed E-state index contributed by atoms with van der Waals surface area (Å²) in [6, 6.07) is 2.35. The molecule has 2 heteroatoms. The fourth-order valence-corrected chi connectivity index (χ4v) is 2.53. The molecular formula is C11H22N2. The summed E-state index contributed by atoms with van der Waals surface area (Å²) in [6.07, 6.45) is 4.16. The smallest absolute Gasteiger partial charge is 0.0212 e. The van der Waals surface area contributed by atoms with E-state index in [-0.39, 0.29) is 0 Å². The Morgan fingerprint density at radius 2 is 2.00 bits per heavy atom. The van der Waals surface area contributed by atoms with Crippen molar-refractivity contribution in [2.75, 3.05) is 13.6 Å². The number of nitrogens with one attached hydrogen (secondary N) is 1. The Kier molecular flexibility index (Phi) is 2.61. The van der Waals surface area contributed by atoms with Gasteiger partial charge in [0, 0.05) is 24.7 Å². The molecule has 4 unspecified atom stereocenters. The molecule has 0 bridgehead atoms. The number of nitrogens with zero attached hydrogens (tertiary/aromatic N) is 1. The third kappa shape index (κ3) is 1.89. The van der Waals surface area contributed by atoms with Crippen LogP contribution >= 0.6 is 0 Å². The minimum Gasteiger partial charge on any atom is -0.310 e. The summed E-state index contributed by atoms with van der Waals surface area (Å²) in [5, 5.41) is 3.78. The van der Waals surface area contributed by atoms with Crippen molar-refractivity contribution in [2.45, 2.75) is 51.2 Å². The number of rotatable bonds is 2. The molecule has 1 saturated heterocycles. The first-order chi connectivity index (χ1) is 6.16. The van der Waals surface area contributed by atoms with E-state index in [1.54, 1.807) is 0 Å². The molecule has 2 aliphatic rings. The molecule has 1 N–H and O–H groups in total. The van der Waals surface area contributed by atoms with Gasteiger partial charge in [0.15, 0.2) is 0 Å². The van der Waals surface area contributed by atoms with Crippen LogP contribution in [0, 0.1) is 5.92 Å². The summed E-state index contributed by atoms with van der Waals surface area (Å²) in [5.74, 6) is 0.918. The predicted octanol–water partition coefficient (Wildman–Crippen LogP) is 1.47. The summed E-state index contributed by atoms with van der Waals surface area (Å²) in [4.78, 5) is 2.46. The second-order valence-electron chi connectivity index (χ2n) is 5.05. The van der Waals surface area contributed by atoms with Gasteiger partial charge in [0.1, 0.15) is 0 Å². The van der Waals surface area contributed by atoms with Crippen molar-refractivity contribution in [1.29, 1.82) is 0 Å². The van der Waals surface area contributed by atoms with Crippen molar-refractivity contribution in [1.82, 2.24) is 10.2 Å². The van der Waals surface area contributed by atoms with Gasteiger partial charge in [-0.05, 0) is 39.2 Å². The number of likely N-dealkylation sites (N-methyl/N-ethyl adjacent to an activating group) is 1. The van der Waals surface area contributed by atoms with Crippen LogP contribution in [0.5, 0.6) is 0 Å². The summed E-state index contributed by atoms with van der Waals surface area (Å²) >= 11 is 0. The minimum absolute atomic E-state index is 0.757. The van der Waals surface area contributed by atoms with E-state index in [2.05, 4.69) is 31.1 Å². The van der Waals surface area contributed by atoms with E-state index >= 15 is 0 Å². The van der Waals surface area contributed by atoms with Gasteiger partial charge in [-0.1, -0.05) is 6.92 Å². The van der Waals surface area contributed by atoms with Gasteiger partial charge in [-0.2, -0.15) is 0 Å². The Hall–Kier alpha value is -0.0800. The average molecular weight is 182 g/mol.